The summed E-state index contributed by atoms with van der Waals surface area (Å²) in [7, 11) is 0. The van der Waals surface area contributed by atoms with Gasteiger partial charge in [0.2, 0.25) is 0 Å². The quantitative estimate of drug-likeness (QED) is 0.818. The third kappa shape index (κ3) is 3.38. The molecule has 1 aromatic rings. The Bertz CT molecular complexity index is 309. The molecule has 1 aromatic heterocycles. The molecular weight excluding hydrogens is 198 g/mol. The highest BCUT2D eigenvalue weighted by Gasteiger charge is 2.28. The van der Waals surface area contributed by atoms with Gasteiger partial charge < -0.3 is 9.73 Å². The van der Waals surface area contributed by atoms with Crippen molar-refractivity contribution >= 4 is 0 Å². The van der Waals surface area contributed by atoms with Crippen molar-refractivity contribution in [1.29, 1.82) is 0 Å². The SMILES string of the molecule is CCCNC(c1ccc(CC)o1)C(C)(C)C. The van der Waals surface area contributed by atoms with Gasteiger partial charge in [-0.3, -0.25) is 0 Å². The number of hydrogen-bond donors (Lipinski definition) is 1. The maximum absolute atomic E-state index is 5.86. The topological polar surface area (TPSA) is 25.2 Å². The van der Waals surface area contributed by atoms with Crippen molar-refractivity contribution in [3.8, 4) is 0 Å². The molecule has 0 aromatic carbocycles. The molecule has 2 heteroatoms. The molecule has 0 saturated heterocycles. The van der Waals surface area contributed by atoms with Gasteiger partial charge >= 0.3 is 0 Å². The molecule has 0 saturated carbocycles. The van der Waals surface area contributed by atoms with Crippen LogP contribution in [0.3, 0.4) is 0 Å². The molecule has 2 nitrogen and oxygen atoms in total. The highest BCUT2D eigenvalue weighted by molar-refractivity contribution is 5.13. The summed E-state index contributed by atoms with van der Waals surface area (Å²) < 4.78 is 5.86. The van der Waals surface area contributed by atoms with E-state index in [0.29, 0.717) is 6.04 Å². The average molecular weight is 223 g/mol. The Morgan fingerprint density at radius 1 is 1.25 bits per heavy atom. The molecule has 92 valence electrons. The summed E-state index contributed by atoms with van der Waals surface area (Å²) in [6, 6.07) is 4.49. The van der Waals surface area contributed by atoms with Crippen molar-refractivity contribution in [2.75, 3.05) is 6.54 Å². The third-order valence-corrected chi connectivity index (χ3v) is 2.78. The molecule has 0 amide bonds. The second-order valence-electron chi connectivity index (χ2n) is 5.41. The minimum Gasteiger partial charge on any atom is -0.464 e. The standard InChI is InChI=1S/C14H25NO/c1-6-10-15-13(14(3,4)5)12-9-8-11(7-2)16-12/h8-9,13,15H,6-7,10H2,1-5H3. The van der Waals surface area contributed by atoms with Crippen LogP contribution in [0.4, 0.5) is 0 Å². The van der Waals surface area contributed by atoms with Crippen LogP contribution >= 0.6 is 0 Å². The van der Waals surface area contributed by atoms with Gasteiger partial charge in [0.15, 0.2) is 0 Å². The van der Waals surface area contributed by atoms with Gasteiger partial charge in [0.1, 0.15) is 11.5 Å². The molecule has 1 atom stereocenters. The van der Waals surface area contributed by atoms with Crippen molar-refractivity contribution in [3.63, 3.8) is 0 Å². The summed E-state index contributed by atoms with van der Waals surface area (Å²) in [6.45, 7) is 12.1. The summed E-state index contributed by atoms with van der Waals surface area (Å²) >= 11 is 0. The smallest absolute Gasteiger partial charge is 0.121 e. The van der Waals surface area contributed by atoms with Gasteiger partial charge in [-0.1, -0.05) is 34.6 Å². The second kappa shape index (κ2) is 5.53. The van der Waals surface area contributed by atoms with Crippen LogP contribution in [-0.4, -0.2) is 6.54 Å². The van der Waals surface area contributed by atoms with Crippen LogP contribution in [-0.2, 0) is 6.42 Å². The van der Waals surface area contributed by atoms with E-state index in [0.717, 1.165) is 30.9 Å². The predicted octanol–water partition coefficient (Wildman–Crippen LogP) is 3.93. The fourth-order valence-electron chi connectivity index (χ4n) is 1.86. The van der Waals surface area contributed by atoms with Crippen LogP contribution in [0.5, 0.6) is 0 Å². The first kappa shape index (κ1) is 13.3. The van der Waals surface area contributed by atoms with Crippen LogP contribution in [0.25, 0.3) is 0 Å². The van der Waals surface area contributed by atoms with Crippen molar-refractivity contribution < 1.29 is 4.42 Å². The number of nitrogens with one attached hydrogen (secondary N) is 1. The van der Waals surface area contributed by atoms with Crippen molar-refractivity contribution in [1.82, 2.24) is 5.32 Å². The van der Waals surface area contributed by atoms with E-state index in [2.05, 4.69) is 52.1 Å². The zero-order valence-corrected chi connectivity index (χ0v) is 11.3. The predicted molar refractivity (Wildman–Crippen MR) is 68.6 cm³/mol. The van der Waals surface area contributed by atoms with E-state index in [9.17, 15) is 0 Å². The van der Waals surface area contributed by atoms with Gasteiger partial charge in [0.25, 0.3) is 0 Å². The van der Waals surface area contributed by atoms with Crippen molar-refractivity contribution in [3.05, 3.63) is 23.7 Å². The molecule has 0 bridgehead atoms. The highest BCUT2D eigenvalue weighted by Crippen LogP contribution is 2.33. The zero-order valence-electron chi connectivity index (χ0n) is 11.3. The van der Waals surface area contributed by atoms with Gasteiger partial charge in [0.05, 0.1) is 6.04 Å². The van der Waals surface area contributed by atoms with Gasteiger partial charge in [-0.2, -0.15) is 0 Å². The molecule has 1 N–H and O–H groups in total. The fourth-order valence-corrected chi connectivity index (χ4v) is 1.86. The number of rotatable bonds is 5. The van der Waals surface area contributed by atoms with Crippen molar-refractivity contribution in [2.45, 2.75) is 53.5 Å². The number of furan rings is 1. The lowest BCUT2D eigenvalue weighted by atomic mass is 9.85. The third-order valence-electron chi connectivity index (χ3n) is 2.78. The maximum Gasteiger partial charge on any atom is 0.121 e. The van der Waals surface area contributed by atoms with E-state index in [1.807, 2.05) is 0 Å². The van der Waals surface area contributed by atoms with Gasteiger partial charge in [0, 0.05) is 6.42 Å². The molecule has 16 heavy (non-hydrogen) atoms. The first-order chi connectivity index (χ1) is 7.49. The lowest BCUT2D eigenvalue weighted by Crippen LogP contribution is -2.32. The molecule has 0 aliphatic rings. The van der Waals surface area contributed by atoms with Gasteiger partial charge in [-0.05, 0) is 30.5 Å². The lowest BCUT2D eigenvalue weighted by molar-refractivity contribution is 0.234. The minimum atomic E-state index is 0.179. The summed E-state index contributed by atoms with van der Waals surface area (Å²) in [6.07, 6.45) is 2.11. The zero-order chi connectivity index (χ0) is 12.2. The first-order valence-electron chi connectivity index (χ1n) is 6.31. The molecule has 1 rings (SSSR count). The Hall–Kier alpha value is -0.760. The summed E-state index contributed by atoms with van der Waals surface area (Å²) in [5, 5.41) is 3.57. The highest BCUT2D eigenvalue weighted by atomic mass is 16.3. The molecule has 0 aliphatic carbocycles. The van der Waals surface area contributed by atoms with E-state index < -0.39 is 0 Å². The molecule has 0 radical (unpaired) electrons. The van der Waals surface area contributed by atoms with Crippen LogP contribution < -0.4 is 5.32 Å². The molecule has 0 aliphatic heterocycles. The molecule has 1 heterocycles. The fraction of sp³-hybridized carbons (Fsp3) is 0.714. The Morgan fingerprint density at radius 3 is 2.38 bits per heavy atom. The maximum atomic E-state index is 5.86. The van der Waals surface area contributed by atoms with E-state index in [-0.39, 0.29) is 5.41 Å². The Labute approximate surface area is 99.4 Å². The Kier molecular flexibility index (Phi) is 4.60. The summed E-state index contributed by atoms with van der Waals surface area (Å²) in [4.78, 5) is 0. The van der Waals surface area contributed by atoms with E-state index in [4.69, 9.17) is 4.42 Å². The van der Waals surface area contributed by atoms with Crippen molar-refractivity contribution in [2.24, 2.45) is 5.41 Å². The number of aryl methyl sites for hydroxylation is 1. The van der Waals surface area contributed by atoms with E-state index in [1.54, 1.807) is 0 Å². The molecule has 0 fully saturated rings. The van der Waals surface area contributed by atoms with Gasteiger partial charge in [-0.25, -0.2) is 0 Å². The lowest BCUT2D eigenvalue weighted by Gasteiger charge is -2.30. The van der Waals surface area contributed by atoms with Crippen LogP contribution in [0.1, 0.15) is 58.6 Å². The summed E-state index contributed by atoms with van der Waals surface area (Å²) in [5.74, 6) is 2.14. The Morgan fingerprint density at radius 2 is 1.94 bits per heavy atom. The average Bonchev–Trinajstić information content (AvgIpc) is 2.65. The second-order valence-corrected chi connectivity index (χ2v) is 5.41. The number of hydrogen-bond acceptors (Lipinski definition) is 2. The minimum absolute atomic E-state index is 0.179. The van der Waals surface area contributed by atoms with Crippen LogP contribution in [0.15, 0.2) is 16.5 Å². The monoisotopic (exact) mass is 223 g/mol. The van der Waals surface area contributed by atoms with Gasteiger partial charge in [-0.15, -0.1) is 0 Å². The molecule has 0 spiro atoms. The first-order valence-corrected chi connectivity index (χ1v) is 6.31. The van der Waals surface area contributed by atoms with Crippen LogP contribution in [0.2, 0.25) is 0 Å². The Balaban J connectivity index is 2.83. The molecule has 1 unspecified atom stereocenters. The summed E-state index contributed by atoms with van der Waals surface area (Å²) in [5.41, 5.74) is 0.179. The largest absolute Gasteiger partial charge is 0.464 e. The normalized spacial score (nSPS) is 14.1. The van der Waals surface area contributed by atoms with E-state index >= 15 is 0 Å². The molecular formula is C14H25NO. The van der Waals surface area contributed by atoms with Crippen LogP contribution in [0, 0.1) is 5.41 Å². The van der Waals surface area contributed by atoms with E-state index in [1.165, 1.54) is 0 Å².